The van der Waals surface area contributed by atoms with Crippen molar-refractivity contribution in [3.63, 3.8) is 0 Å². The van der Waals surface area contributed by atoms with Crippen molar-refractivity contribution in [1.29, 1.82) is 0 Å². The maximum Gasteiger partial charge on any atom is 0.330 e. The first-order valence-electron chi connectivity index (χ1n) is 10.0. The van der Waals surface area contributed by atoms with Gasteiger partial charge < -0.3 is 18.9 Å². The molecule has 1 atom stereocenters. The lowest BCUT2D eigenvalue weighted by Crippen LogP contribution is -2.30. The minimum absolute atomic E-state index is 0.0583. The Balaban J connectivity index is 1.86. The van der Waals surface area contributed by atoms with Gasteiger partial charge in [-0.15, -0.1) is 0 Å². The normalized spacial score (nSPS) is 19.6. The van der Waals surface area contributed by atoms with Crippen molar-refractivity contribution in [2.24, 2.45) is 0 Å². The number of ether oxygens (including phenoxy) is 4. The molecule has 0 aliphatic heterocycles. The molecular weight excluding hydrogens is 372 g/mol. The summed E-state index contributed by atoms with van der Waals surface area (Å²) in [6.07, 6.45) is 6.19. The van der Waals surface area contributed by atoms with Crippen LogP contribution >= 0.6 is 0 Å². The Morgan fingerprint density at radius 1 is 1.03 bits per heavy atom. The highest BCUT2D eigenvalue weighted by Crippen LogP contribution is 2.34. The van der Waals surface area contributed by atoms with Crippen LogP contribution < -0.4 is 4.74 Å². The Morgan fingerprint density at radius 2 is 1.69 bits per heavy atom. The number of hydrogen-bond acceptors (Lipinski definition) is 6. The van der Waals surface area contributed by atoms with E-state index < -0.39 is 18.0 Å². The van der Waals surface area contributed by atoms with Gasteiger partial charge in [0.25, 0.3) is 0 Å². The van der Waals surface area contributed by atoms with Crippen LogP contribution in [0.1, 0.15) is 44.1 Å². The molecule has 0 saturated heterocycles. The van der Waals surface area contributed by atoms with E-state index in [2.05, 4.69) is 25.3 Å². The summed E-state index contributed by atoms with van der Waals surface area (Å²) in [5, 5.41) is 0. The van der Waals surface area contributed by atoms with Crippen LogP contribution in [0.3, 0.4) is 0 Å². The van der Waals surface area contributed by atoms with Gasteiger partial charge >= 0.3 is 11.9 Å². The molecule has 0 heterocycles. The molecule has 1 unspecified atom stereocenters. The van der Waals surface area contributed by atoms with Crippen molar-refractivity contribution in [3.8, 4) is 5.75 Å². The van der Waals surface area contributed by atoms with E-state index in [1.165, 1.54) is 5.56 Å². The third-order valence-electron chi connectivity index (χ3n) is 4.89. The maximum atomic E-state index is 11.5. The lowest BCUT2D eigenvalue weighted by Gasteiger charge is -2.28. The second-order valence-corrected chi connectivity index (χ2v) is 6.91. The summed E-state index contributed by atoms with van der Waals surface area (Å²) in [6, 6.07) is 7.96. The van der Waals surface area contributed by atoms with Gasteiger partial charge in [0.15, 0.2) is 6.10 Å². The van der Waals surface area contributed by atoms with Crippen molar-refractivity contribution < 1.29 is 28.5 Å². The van der Waals surface area contributed by atoms with Crippen LogP contribution in [0.5, 0.6) is 5.75 Å². The van der Waals surface area contributed by atoms with Crippen LogP contribution in [0.15, 0.2) is 49.6 Å². The Kier molecular flexibility index (Phi) is 9.44. The van der Waals surface area contributed by atoms with E-state index in [4.69, 9.17) is 18.9 Å². The highest BCUT2D eigenvalue weighted by Gasteiger charge is 2.22. The first-order valence-corrected chi connectivity index (χ1v) is 10.0. The average Bonchev–Trinajstić information content (AvgIpc) is 2.76. The summed E-state index contributed by atoms with van der Waals surface area (Å²) >= 11 is 0. The standard InChI is InChI=1S/C23H30O6/c1-4-22(24)28-16-21(29-23(25)5-2)15-27-20-13-9-18(10-14-20)17-7-11-19(12-8-17)26-6-3/h4-5,9-10,13-14,17,19,21H,1-2,6-8,11-12,15-16H2,3H3. The van der Waals surface area contributed by atoms with E-state index in [1.54, 1.807) is 0 Å². The van der Waals surface area contributed by atoms with Crippen molar-refractivity contribution in [2.75, 3.05) is 19.8 Å². The van der Waals surface area contributed by atoms with Crippen molar-refractivity contribution in [3.05, 3.63) is 55.1 Å². The molecule has 1 aromatic rings. The quantitative estimate of drug-likeness (QED) is 0.412. The number of hydrogen-bond donors (Lipinski definition) is 0. The van der Waals surface area contributed by atoms with E-state index in [-0.39, 0.29) is 13.2 Å². The van der Waals surface area contributed by atoms with Crippen molar-refractivity contribution in [1.82, 2.24) is 0 Å². The largest absolute Gasteiger partial charge is 0.490 e. The van der Waals surface area contributed by atoms with Gasteiger partial charge in [-0.3, -0.25) is 0 Å². The molecular formula is C23H30O6. The van der Waals surface area contributed by atoms with E-state index in [0.717, 1.165) is 44.4 Å². The molecule has 1 aliphatic rings. The Hall–Kier alpha value is -2.60. The summed E-state index contributed by atoms with van der Waals surface area (Å²) in [5.74, 6) is 0.00568. The SMILES string of the molecule is C=CC(=O)OCC(COc1ccc(C2CCC(OCC)CC2)cc1)OC(=O)C=C. The molecule has 29 heavy (non-hydrogen) atoms. The minimum atomic E-state index is -0.738. The first kappa shape index (κ1) is 22.7. The molecule has 0 aromatic heterocycles. The smallest absolute Gasteiger partial charge is 0.330 e. The molecule has 1 aliphatic carbocycles. The van der Waals surface area contributed by atoms with Gasteiger partial charge in [-0.05, 0) is 56.2 Å². The van der Waals surface area contributed by atoms with Gasteiger partial charge in [0.1, 0.15) is 19.0 Å². The number of carbonyl (C=O) groups excluding carboxylic acids is 2. The summed E-state index contributed by atoms with van der Waals surface area (Å²) in [6.45, 7) is 9.45. The van der Waals surface area contributed by atoms with E-state index in [1.807, 2.05) is 19.1 Å². The molecule has 158 valence electrons. The predicted molar refractivity (Wildman–Crippen MR) is 110 cm³/mol. The van der Waals surface area contributed by atoms with Crippen LogP contribution in [-0.2, 0) is 23.8 Å². The van der Waals surface area contributed by atoms with Crippen molar-refractivity contribution in [2.45, 2.75) is 50.7 Å². The van der Waals surface area contributed by atoms with Gasteiger partial charge in [0, 0.05) is 18.8 Å². The number of esters is 2. The molecule has 1 fully saturated rings. The molecule has 0 spiro atoms. The third kappa shape index (κ3) is 7.74. The Labute approximate surface area is 172 Å². The molecule has 6 nitrogen and oxygen atoms in total. The lowest BCUT2D eigenvalue weighted by atomic mass is 9.83. The first-order chi connectivity index (χ1) is 14.0. The van der Waals surface area contributed by atoms with Crippen LogP contribution in [0, 0.1) is 0 Å². The topological polar surface area (TPSA) is 71.1 Å². The Bertz CT molecular complexity index is 673. The molecule has 6 heteroatoms. The molecule has 2 rings (SSSR count). The number of benzene rings is 1. The average molecular weight is 402 g/mol. The summed E-state index contributed by atoms with van der Waals surface area (Å²) in [5.41, 5.74) is 1.29. The van der Waals surface area contributed by atoms with Gasteiger partial charge in [-0.1, -0.05) is 25.3 Å². The predicted octanol–water partition coefficient (Wildman–Crippen LogP) is 3.96. The van der Waals surface area contributed by atoms with Gasteiger partial charge in [-0.2, -0.15) is 0 Å². The van der Waals surface area contributed by atoms with E-state index in [0.29, 0.717) is 17.8 Å². The molecule has 0 amide bonds. The van der Waals surface area contributed by atoms with Gasteiger partial charge in [0.2, 0.25) is 0 Å². The van der Waals surface area contributed by atoms with Crippen LogP contribution in [0.25, 0.3) is 0 Å². The number of carbonyl (C=O) groups is 2. The zero-order valence-corrected chi connectivity index (χ0v) is 17.0. The molecule has 0 radical (unpaired) electrons. The fourth-order valence-electron chi connectivity index (χ4n) is 3.39. The van der Waals surface area contributed by atoms with E-state index in [9.17, 15) is 9.59 Å². The third-order valence-corrected chi connectivity index (χ3v) is 4.89. The summed E-state index contributed by atoms with van der Waals surface area (Å²) in [4.78, 5) is 22.7. The molecule has 0 N–H and O–H groups in total. The number of rotatable bonds is 11. The molecule has 1 saturated carbocycles. The monoisotopic (exact) mass is 402 g/mol. The molecule has 1 aromatic carbocycles. The summed E-state index contributed by atoms with van der Waals surface area (Å²) < 4.78 is 21.6. The van der Waals surface area contributed by atoms with Crippen LogP contribution in [0.2, 0.25) is 0 Å². The van der Waals surface area contributed by atoms with Gasteiger partial charge in [-0.25, -0.2) is 9.59 Å². The van der Waals surface area contributed by atoms with Crippen LogP contribution in [0.4, 0.5) is 0 Å². The minimum Gasteiger partial charge on any atom is -0.490 e. The summed E-state index contributed by atoms with van der Waals surface area (Å²) in [7, 11) is 0. The highest BCUT2D eigenvalue weighted by atomic mass is 16.6. The fourth-order valence-corrected chi connectivity index (χ4v) is 3.39. The lowest BCUT2D eigenvalue weighted by molar-refractivity contribution is -0.154. The zero-order chi connectivity index (χ0) is 21.1. The van der Waals surface area contributed by atoms with Crippen LogP contribution in [-0.4, -0.2) is 44.0 Å². The second kappa shape index (κ2) is 12.1. The maximum absolute atomic E-state index is 11.5. The Morgan fingerprint density at radius 3 is 2.28 bits per heavy atom. The fraction of sp³-hybridized carbons (Fsp3) is 0.478. The zero-order valence-electron chi connectivity index (χ0n) is 17.0. The highest BCUT2D eigenvalue weighted by molar-refractivity contribution is 5.82. The molecule has 0 bridgehead atoms. The van der Waals surface area contributed by atoms with Gasteiger partial charge in [0.05, 0.1) is 6.10 Å². The van der Waals surface area contributed by atoms with Crippen molar-refractivity contribution >= 4 is 11.9 Å². The van der Waals surface area contributed by atoms with E-state index >= 15 is 0 Å². The second-order valence-electron chi connectivity index (χ2n) is 6.91.